The van der Waals surface area contributed by atoms with Gasteiger partial charge in [-0.15, -0.1) is 0 Å². The second-order valence-electron chi connectivity index (χ2n) is 9.45. The van der Waals surface area contributed by atoms with Crippen LogP contribution in [0, 0.1) is 12.8 Å². The molecule has 4 nitrogen and oxygen atoms in total. The minimum Gasteiger partial charge on any atom is -0.347 e. The Morgan fingerprint density at radius 1 is 1.00 bits per heavy atom. The summed E-state index contributed by atoms with van der Waals surface area (Å²) in [7, 11) is 0. The Labute approximate surface area is 203 Å². The summed E-state index contributed by atoms with van der Waals surface area (Å²) in [6, 6.07) is 28.6. The van der Waals surface area contributed by atoms with Crippen LogP contribution in [0.4, 0.5) is 5.69 Å². The topological polar surface area (TPSA) is 44.7 Å². The van der Waals surface area contributed by atoms with Gasteiger partial charge in [-0.25, -0.2) is 5.01 Å². The molecule has 1 heterocycles. The van der Waals surface area contributed by atoms with Crippen molar-refractivity contribution >= 4 is 17.3 Å². The van der Waals surface area contributed by atoms with Gasteiger partial charge in [0.15, 0.2) is 0 Å². The van der Waals surface area contributed by atoms with Gasteiger partial charge in [-0.3, -0.25) is 4.79 Å². The molecule has 0 aromatic heterocycles. The number of nitrogens with one attached hydrogen (secondary N) is 1. The van der Waals surface area contributed by atoms with Crippen molar-refractivity contribution in [1.29, 1.82) is 0 Å². The van der Waals surface area contributed by atoms with Crippen molar-refractivity contribution in [2.75, 3.05) is 5.01 Å². The fourth-order valence-corrected chi connectivity index (χ4v) is 4.82. The number of hydrogen-bond acceptors (Lipinski definition) is 3. The van der Waals surface area contributed by atoms with Gasteiger partial charge in [0.25, 0.3) is 0 Å². The van der Waals surface area contributed by atoms with E-state index in [-0.39, 0.29) is 17.9 Å². The van der Waals surface area contributed by atoms with Gasteiger partial charge >= 0.3 is 0 Å². The Kier molecular flexibility index (Phi) is 7.16. The molecule has 3 aromatic carbocycles. The lowest BCUT2D eigenvalue weighted by Gasteiger charge is -2.38. The smallest absolute Gasteiger partial charge is 0.248 e. The average Bonchev–Trinajstić information content (AvgIpc) is 3.17. The highest BCUT2D eigenvalue weighted by Gasteiger charge is 2.53. The second-order valence-corrected chi connectivity index (χ2v) is 9.45. The number of nitrogens with zero attached hydrogens (tertiary/aromatic N) is 2. The van der Waals surface area contributed by atoms with E-state index in [0.717, 1.165) is 41.8 Å². The zero-order valence-corrected chi connectivity index (χ0v) is 20.7. The average molecular weight is 454 g/mol. The summed E-state index contributed by atoms with van der Waals surface area (Å²) in [4.78, 5) is 14.1. The first kappa shape index (κ1) is 23.7. The summed E-state index contributed by atoms with van der Waals surface area (Å²) in [5, 5.41) is 10.4. The van der Waals surface area contributed by atoms with Crippen LogP contribution in [0.1, 0.15) is 62.8 Å². The lowest BCUT2D eigenvalue weighted by Crippen LogP contribution is -2.58. The molecule has 0 radical (unpaired) electrons. The van der Waals surface area contributed by atoms with E-state index >= 15 is 0 Å². The van der Waals surface area contributed by atoms with Crippen LogP contribution in [0.3, 0.4) is 0 Å². The third-order valence-electron chi connectivity index (χ3n) is 6.96. The monoisotopic (exact) mass is 453 g/mol. The van der Waals surface area contributed by atoms with Crippen LogP contribution in [0.25, 0.3) is 0 Å². The van der Waals surface area contributed by atoms with Gasteiger partial charge in [0.2, 0.25) is 5.91 Å². The van der Waals surface area contributed by atoms with Gasteiger partial charge in [-0.1, -0.05) is 98.1 Å². The van der Waals surface area contributed by atoms with Crippen LogP contribution in [0.2, 0.25) is 0 Å². The quantitative estimate of drug-likeness (QED) is 0.414. The summed E-state index contributed by atoms with van der Waals surface area (Å²) in [6.45, 7) is 8.38. The summed E-state index contributed by atoms with van der Waals surface area (Å²) in [5.74, 6) is -0.0296. The number of hydrazone groups is 1. The molecular weight excluding hydrogens is 418 g/mol. The number of para-hydroxylation sites is 1. The van der Waals surface area contributed by atoms with E-state index in [9.17, 15) is 4.79 Å². The van der Waals surface area contributed by atoms with E-state index in [1.807, 2.05) is 60.5 Å². The highest BCUT2D eigenvalue weighted by atomic mass is 16.2. The van der Waals surface area contributed by atoms with Crippen molar-refractivity contribution in [3.8, 4) is 0 Å². The third-order valence-corrected chi connectivity index (χ3v) is 6.96. The van der Waals surface area contributed by atoms with Gasteiger partial charge in [0.1, 0.15) is 5.54 Å². The minimum atomic E-state index is -0.847. The number of carbonyl (C=O) groups excluding carboxylic acids is 1. The molecule has 1 aliphatic rings. The first-order valence-electron chi connectivity index (χ1n) is 12.3. The first-order valence-corrected chi connectivity index (χ1v) is 12.3. The van der Waals surface area contributed by atoms with Gasteiger partial charge in [-0.05, 0) is 50.5 Å². The zero-order chi connectivity index (χ0) is 24.1. The maximum Gasteiger partial charge on any atom is 0.248 e. The van der Waals surface area contributed by atoms with Crippen molar-refractivity contribution in [3.63, 3.8) is 0 Å². The maximum absolute atomic E-state index is 14.1. The molecule has 1 amide bonds. The Balaban J connectivity index is 1.77. The first-order chi connectivity index (χ1) is 16.4. The van der Waals surface area contributed by atoms with Crippen molar-refractivity contribution < 1.29 is 4.79 Å². The van der Waals surface area contributed by atoms with E-state index in [2.05, 4.69) is 62.5 Å². The van der Waals surface area contributed by atoms with Crippen molar-refractivity contribution in [2.24, 2.45) is 11.0 Å². The normalized spacial score (nSPS) is 20.6. The Morgan fingerprint density at radius 2 is 1.62 bits per heavy atom. The summed E-state index contributed by atoms with van der Waals surface area (Å²) in [5.41, 5.74) is 4.46. The fourth-order valence-electron chi connectivity index (χ4n) is 4.82. The number of anilines is 1. The van der Waals surface area contributed by atoms with Crippen molar-refractivity contribution in [1.82, 2.24) is 5.32 Å². The number of amides is 1. The van der Waals surface area contributed by atoms with Crippen LogP contribution >= 0.6 is 0 Å². The van der Waals surface area contributed by atoms with E-state index in [1.54, 1.807) is 0 Å². The Morgan fingerprint density at radius 3 is 2.24 bits per heavy atom. The molecule has 1 aliphatic heterocycles. The molecule has 4 heteroatoms. The molecule has 0 fully saturated rings. The van der Waals surface area contributed by atoms with Crippen molar-refractivity contribution in [2.45, 2.75) is 58.5 Å². The number of rotatable bonds is 8. The number of benzene rings is 3. The molecule has 0 bridgehead atoms. The van der Waals surface area contributed by atoms with E-state index in [4.69, 9.17) is 5.10 Å². The summed E-state index contributed by atoms with van der Waals surface area (Å²) in [6.07, 6.45) is 3.01. The van der Waals surface area contributed by atoms with Crippen LogP contribution in [0.15, 0.2) is 90.0 Å². The number of aryl methyl sites for hydroxylation is 1. The van der Waals surface area contributed by atoms with Crippen LogP contribution in [-0.2, 0) is 4.79 Å². The molecule has 176 valence electrons. The molecular formula is C30H35N3O. The van der Waals surface area contributed by atoms with Gasteiger partial charge in [0, 0.05) is 5.92 Å². The standard InChI is InChI=1S/C30H35N3O/c1-5-6-17-27-28(25-20-18-22(2)19-21-25)32-33(26-15-11-8-12-16-26)30(27,4)29(34)31-23(3)24-13-9-7-10-14-24/h7-16,18-21,23,27H,5-6,17H2,1-4H3,(H,31,34)/t23-,27?,30?/m1/s1. The molecule has 0 saturated carbocycles. The molecule has 0 saturated heterocycles. The number of carbonyl (C=O) groups is 1. The lowest BCUT2D eigenvalue weighted by atomic mass is 9.76. The molecule has 3 atom stereocenters. The molecule has 0 aliphatic carbocycles. The van der Waals surface area contributed by atoms with E-state index < -0.39 is 5.54 Å². The lowest BCUT2D eigenvalue weighted by molar-refractivity contribution is -0.127. The molecule has 0 spiro atoms. The largest absolute Gasteiger partial charge is 0.347 e. The number of unbranched alkanes of at least 4 members (excludes halogenated alkanes) is 1. The molecule has 3 aromatic rings. The highest BCUT2D eigenvalue weighted by molar-refractivity contribution is 6.10. The maximum atomic E-state index is 14.1. The van der Waals surface area contributed by atoms with Crippen LogP contribution < -0.4 is 10.3 Å². The van der Waals surface area contributed by atoms with Gasteiger partial charge < -0.3 is 5.32 Å². The van der Waals surface area contributed by atoms with Gasteiger partial charge in [0.05, 0.1) is 17.4 Å². The van der Waals surface area contributed by atoms with Crippen molar-refractivity contribution in [3.05, 3.63) is 102 Å². The zero-order valence-electron chi connectivity index (χ0n) is 20.7. The van der Waals surface area contributed by atoms with Gasteiger partial charge in [-0.2, -0.15) is 5.10 Å². The summed E-state index contributed by atoms with van der Waals surface area (Å²) >= 11 is 0. The Hall–Kier alpha value is -3.40. The summed E-state index contributed by atoms with van der Waals surface area (Å²) < 4.78 is 0. The minimum absolute atomic E-state index is 0.000305. The molecule has 1 N–H and O–H groups in total. The third kappa shape index (κ3) is 4.63. The highest BCUT2D eigenvalue weighted by Crippen LogP contribution is 2.42. The predicted molar refractivity (Wildman–Crippen MR) is 141 cm³/mol. The number of hydrogen-bond donors (Lipinski definition) is 1. The molecule has 4 rings (SSSR count). The van der Waals surface area contributed by atoms with Crippen LogP contribution in [-0.4, -0.2) is 17.2 Å². The van der Waals surface area contributed by atoms with Crippen LogP contribution in [0.5, 0.6) is 0 Å². The predicted octanol–water partition coefficient (Wildman–Crippen LogP) is 6.66. The second kappa shape index (κ2) is 10.3. The molecule has 2 unspecified atom stereocenters. The Bertz CT molecular complexity index is 1120. The van der Waals surface area contributed by atoms with E-state index in [1.165, 1.54) is 5.56 Å². The fraction of sp³-hybridized carbons (Fsp3) is 0.333. The van der Waals surface area contributed by atoms with E-state index in [0.29, 0.717) is 0 Å². The SMILES string of the molecule is CCCCC1C(c2ccc(C)cc2)=NN(c2ccccc2)C1(C)C(=O)N[C@H](C)c1ccccc1. The molecule has 34 heavy (non-hydrogen) atoms.